The first-order valence-electron chi connectivity index (χ1n) is 11.1. The van der Waals surface area contributed by atoms with E-state index in [0.29, 0.717) is 12.3 Å². The van der Waals surface area contributed by atoms with E-state index in [1.54, 1.807) is 12.3 Å². The monoisotopic (exact) mass is 403 g/mol. The predicted octanol–water partition coefficient (Wildman–Crippen LogP) is 7.51. The molecule has 0 saturated carbocycles. The van der Waals surface area contributed by atoms with Crippen molar-refractivity contribution < 1.29 is 13.5 Å². The molecule has 2 nitrogen and oxygen atoms in total. The maximum absolute atomic E-state index is 13.7. The average Bonchev–Trinajstić information content (AvgIpc) is 2.75. The Bertz CT molecular complexity index is 672. The third-order valence-corrected chi connectivity index (χ3v) is 5.19. The summed E-state index contributed by atoms with van der Waals surface area (Å²) in [5, 5.41) is 0. The number of aromatic nitrogens is 1. The molecule has 29 heavy (non-hydrogen) atoms. The van der Waals surface area contributed by atoms with Crippen molar-refractivity contribution in [3.8, 4) is 17.0 Å². The largest absolute Gasteiger partial charge is 0.474 e. The van der Waals surface area contributed by atoms with Crippen molar-refractivity contribution >= 4 is 0 Å². The minimum Gasteiger partial charge on any atom is -0.474 e. The Morgan fingerprint density at radius 2 is 1.48 bits per heavy atom. The fraction of sp³-hybridized carbons (Fsp3) is 0.560. The first-order valence-corrected chi connectivity index (χ1v) is 11.1. The standard InChI is InChI=1S/C25H35F2NO/c1-3-5-6-7-8-9-11-20-12-14-21(15-13-20)22-16-17-25(28-18-22)29-19-24(27)23(26)10-4-2/h12-18,23-24H,3-11,19H2,1-2H3/t23-,24-/m0/s1. The molecule has 2 aromatic rings. The number of rotatable bonds is 14. The Hall–Kier alpha value is -1.97. The van der Waals surface area contributed by atoms with Crippen LogP contribution < -0.4 is 4.74 Å². The summed E-state index contributed by atoms with van der Waals surface area (Å²) in [5.74, 6) is 0.319. The van der Waals surface area contributed by atoms with Gasteiger partial charge in [0, 0.05) is 17.8 Å². The Labute approximate surface area is 174 Å². The normalized spacial score (nSPS) is 13.2. The summed E-state index contributed by atoms with van der Waals surface area (Å²) in [6, 6.07) is 12.2. The molecule has 0 aliphatic heterocycles. The number of aryl methyl sites for hydroxylation is 1. The molecule has 0 N–H and O–H groups in total. The molecule has 4 heteroatoms. The third-order valence-electron chi connectivity index (χ3n) is 5.19. The molecule has 0 aliphatic rings. The van der Waals surface area contributed by atoms with Crippen LogP contribution in [0, 0.1) is 0 Å². The van der Waals surface area contributed by atoms with E-state index in [1.807, 2.05) is 13.0 Å². The molecule has 0 spiro atoms. The second-order valence-corrected chi connectivity index (χ2v) is 7.73. The van der Waals surface area contributed by atoms with Gasteiger partial charge in [0.15, 0.2) is 6.17 Å². The van der Waals surface area contributed by atoms with Crippen molar-refractivity contribution in [3.05, 3.63) is 48.2 Å². The van der Waals surface area contributed by atoms with Gasteiger partial charge in [-0.2, -0.15) is 0 Å². The van der Waals surface area contributed by atoms with Crippen LogP contribution in [0.25, 0.3) is 11.1 Å². The smallest absolute Gasteiger partial charge is 0.213 e. The highest BCUT2D eigenvalue weighted by Gasteiger charge is 2.20. The van der Waals surface area contributed by atoms with E-state index < -0.39 is 12.3 Å². The molecule has 0 unspecified atom stereocenters. The number of alkyl halides is 2. The van der Waals surface area contributed by atoms with Crippen LogP contribution in [0.3, 0.4) is 0 Å². The Kier molecular flexibility index (Phi) is 10.7. The van der Waals surface area contributed by atoms with Gasteiger partial charge in [0.05, 0.1) is 0 Å². The van der Waals surface area contributed by atoms with Crippen molar-refractivity contribution in [2.24, 2.45) is 0 Å². The lowest BCUT2D eigenvalue weighted by Crippen LogP contribution is -2.24. The summed E-state index contributed by atoms with van der Waals surface area (Å²) in [7, 11) is 0. The fourth-order valence-corrected chi connectivity index (χ4v) is 3.34. The van der Waals surface area contributed by atoms with Crippen molar-refractivity contribution in [1.82, 2.24) is 4.98 Å². The number of benzene rings is 1. The number of hydrogen-bond donors (Lipinski definition) is 0. The molecule has 160 valence electrons. The maximum atomic E-state index is 13.7. The highest BCUT2D eigenvalue weighted by atomic mass is 19.2. The van der Waals surface area contributed by atoms with Gasteiger partial charge >= 0.3 is 0 Å². The number of unbranched alkanes of at least 4 members (excludes halogenated alkanes) is 5. The number of nitrogens with zero attached hydrogens (tertiary/aromatic N) is 1. The van der Waals surface area contributed by atoms with Crippen LogP contribution in [0.2, 0.25) is 0 Å². The molecule has 0 bridgehead atoms. The van der Waals surface area contributed by atoms with Gasteiger partial charge in [-0.1, -0.05) is 76.6 Å². The summed E-state index contributed by atoms with van der Waals surface area (Å²) in [4.78, 5) is 4.23. The molecule has 1 aromatic heterocycles. The van der Waals surface area contributed by atoms with Crippen molar-refractivity contribution in [3.63, 3.8) is 0 Å². The van der Waals surface area contributed by atoms with Gasteiger partial charge in [-0.3, -0.25) is 0 Å². The molecular formula is C25H35F2NO. The number of hydrogen-bond acceptors (Lipinski definition) is 2. The van der Waals surface area contributed by atoms with Crippen molar-refractivity contribution in [1.29, 1.82) is 0 Å². The van der Waals surface area contributed by atoms with Gasteiger partial charge in [-0.25, -0.2) is 13.8 Å². The Balaban J connectivity index is 1.79. The number of ether oxygens (including phenoxy) is 1. The lowest BCUT2D eigenvalue weighted by atomic mass is 10.0. The summed E-state index contributed by atoms with van der Waals surface area (Å²) in [6.45, 7) is 3.77. The number of pyridine rings is 1. The Morgan fingerprint density at radius 3 is 2.14 bits per heavy atom. The molecular weight excluding hydrogens is 368 g/mol. The zero-order chi connectivity index (χ0) is 20.9. The lowest BCUT2D eigenvalue weighted by Gasteiger charge is -2.13. The van der Waals surface area contributed by atoms with Crippen LogP contribution >= 0.6 is 0 Å². The molecule has 0 radical (unpaired) electrons. The fourth-order valence-electron chi connectivity index (χ4n) is 3.34. The van der Waals surface area contributed by atoms with Gasteiger partial charge in [-0.15, -0.1) is 0 Å². The highest BCUT2D eigenvalue weighted by Crippen LogP contribution is 2.22. The SMILES string of the molecule is CCCCCCCCc1ccc(-c2ccc(OC[C@H](F)[C@@H](F)CCC)nc2)cc1. The van der Waals surface area contributed by atoms with Gasteiger partial charge < -0.3 is 4.74 Å². The van der Waals surface area contributed by atoms with Crippen LogP contribution in [-0.2, 0) is 6.42 Å². The molecule has 1 aromatic carbocycles. The molecule has 1 heterocycles. The van der Waals surface area contributed by atoms with Gasteiger partial charge in [0.2, 0.25) is 5.88 Å². The van der Waals surface area contributed by atoms with E-state index in [-0.39, 0.29) is 13.0 Å². The molecule has 0 aliphatic carbocycles. The summed E-state index contributed by atoms with van der Waals surface area (Å²) in [6.07, 6.45) is 8.43. The van der Waals surface area contributed by atoms with Crippen LogP contribution in [0.15, 0.2) is 42.6 Å². The highest BCUT2D eigenvalue weighted by molar-refractivity contribution is 5.62. The minimum absolute atomic E-state index is 0.214. The second kappa shape index (κ2) is 13.3. The van der Waals surface area contributed by atoms with Crippen molar-refractivity contribution in [2.45, 2.75) is 84.0 Å². The van der Waals surface area contributed by atoms with Crippen LogP contribution in [-0.4, -0.2) is 23.9 Å². The zero-order valence-corrected chi connectivity index (χ0v) is 17.9. The van der Waals surface area contributed by atoms with E-state index in [9.17, 15) is 8.78 Å². The zero-order valence-electron chi connectivity index (χ0n) is 17.9. The molecule has 0 saturated heterocycles. The minimum atomic E-state index is -1.62. The van der Waals surface area contributed by atoms with Crippen LogP contribution in [0.5, 0.6) is 5.88 Å². The third kappa shape index (κ3) is 8.51. The first kappa shape index (κ1) is 23.3. The first-order chi connectivity index (χ1) is 14.1. The topological polar surface area (TPSA) is 22.1 Å². The molecule has 0 amide bonds. The second-order valence-electron chi connectivity index (χ2n) is 7.73. The van der Waals surface area contributed by atoms with Gasteiger partial charge in [0.1, 0.15) is 12.8 Å². The van der Waals surface area contributed by atoms with E-state index in [1.165, 1.54) is 44.1 Å². The Morgan fingerprint density at radius 1 is 0.793 bits per heavy atom. The quantitative estimate of drug-likeness (QED) is 0.305. The summed E-state index contributed by atoms with van der Waals surface area (Å²) < 4.78 is 32.5. The van der Waals surface area contributed by atoms with Crippen LogP contribution in [0.4, 0.5) is 8.78 Å². The van der Waals surface area contributed by atoms with Gasteiger partial charge in [-0.05, 0) is 36.5 Å². The molecule has 2 rings (SSSR count). The maximum Gasteiger partial charge on any atom is 0.213 e. The summed E-state index contributed by atoms with van der Waals surface area (Å²) in [5.41, 5.74) is 3.43. The van der Waals surface area contributed by atoms with E-state index >= 15 is 0 Å². The molecule has 2 atom stereocenters. The van der Waals surface area contributed by atoms with Gasteiger partial charge in [0.25, 0.3) is 0 Å². The molecule has 0 fully saturated rings. The van der Waals surface area contributed by atoms with E-state index in [0.717, 1.165) is 17.5 Å². The predicted molar refractivity (Wildman–Crippen MR) is 117 cm³/mol. The van der Waals surface area contributed by atoms with Crippen molar-refractivity contribution in [2.75, 3.05) is 6.61 Å². The average molecular weight is 404 g/mol. The van der Waals surface area contributed by atoms with Crippen LogP contribution in [0.1, 0.15) is 70.8 Å². The summed E-state index contributed by atoms with van der Waals surface area (Å²) >= 11 is 0. The van der Waals surface area contributed by atoms with E-state index in [2.05, 4.69) is 36.2 Å². The number of halogens is 2. The lowest BCUT2D eigenvalue weighted by molar-refractivity contribution is 0.101. The van der Waals surface area contributed by atoms with E-state index in [4.69, 9.17) is 4.74 Å².